The molecule has 1 aromatic heterocycles. The summed E-state index contributed by atoms with van der Waals surface area (Å²) >= 11 is 0. The van der Waals surface area contributed by atoms with Gasteiger partial charge in [0.25, 0.3) is 5.97 Å². The lowest BCUT2D eigenvalue weighted by molar-refractivity contribution is -0.134. The van der Waals surface area contributed by atoms with E-state index in [9.17, 15) is 0 Å². The van der Waals surface area contributed by atoms with Crippen LogP contribution in [0.3, 0.4) is 0 Å². The molecular formula is C14H22N2O2. The van der Waals surface area contributed by atoms with Gasteiger partial charge in [0.2, 0.25) is 0 Å². The quantitative estimate of drug-likeness (QED) is 0.832. The van der Waals surface area contributed by atoms with Crippen molar-refractivity contribution in [1.82, 2.24) is 9.88 Å². The molecule has 1 aliphatic heterocycles. The van der Waals surface area contributed by atoms with Crippen molar-refractivity contribution in [1.29, 1.82) is 0 Å². The van der Waals surface area contributed by atoms with E-state index in [0.29, 0.717) is 6.04 Å². The van der Waals surface area contributed by atoms with Crippen LogP contribution < -0.4 is 0 Å². The number of aromatic nitrogens is 1. The van der Waals surface area contributed by atoms with E-state index in [1.807, 2.05) is 6.20 Å². The Kier molecular flexibility index (Phi) is 5.28. The molecule has 0 unspecified atom stereocenters. The number of likely N-dealkylation sites (tertiary alicyclic amines) is 1. The van der Waals surface area contributed by atoms with Crippen molar-refractivity contribution in [2.75, 3.05) is 13.6 Å². The molecule has 0 spiro atoms. The van der Waals surface area contributed by atoms with Gasteiger partial charge in [0.1, 0.15) is 0 Å². The smallest absolute Gasteiger partial charge is 0.300 e. The molecule has 1 fully saturated rings. The summed E-state index contributed by atoms with van der Waals surface area (Å²) < 4.78 is 0. The maximum atomic E-state index is 9.00. The van der Waals surface area contributed by atoms with Gasteiger partial charge in [-0.15, -0.1) is 0 Å². The lowest BCUT2D eigenvalue weighted by Gasteiger charge is -2.20. The Balaban J connectivity index is 0.000000357. The standard InChI is InChI=1S/C12H18N2.C2H4O2/c1-9-7-11(8-13-10(9)2)12-5-4-6-14(12)3;1-2(3)4/h7-8,12H,4-6H2,1-3H3;1H3,(H,3,4)/t12-;/m0./s1. The zero-order valence-electron chi connectivity index (χ0n) is 11.6. The fourth-order valence-corrected chi connectivity index (χ4v) is 2.18. The molecule has 1 N–H and O–H groups in total. The van der Waals surface area contributed by atoms with Crippen LogP contribution in [-0.4, -0.2) is 34.6 Å². The minimum absolute atomic E-state index is 0.599. The molecule has 4 heteroatoms. The number of aryl methyl sites for hydroxylation is 2. The van der Waals surface area contributed by atoms with Crippen LogP contribution in [-0.2, 0) is 4.79 Å². The van der Waals surface area contributed by atoms with Gasteiger partial charge in [0.15, 0.2) is 0 Å². The fraction of sp³-hybridized carbons (Fsp3) is 0.571. The Labute approximate surface area is 109 Å². The van der Waals surface area contributed by atoms with Crippen molar-refractivity contribution in [2.45, 2.75) is 39.7 Å². The molecule has 0 bridgehead atoms. The zero-order valence-corrected chi connectivity index (χ0v) is 11.6. The van der Waals surface area contributed by atoms with Crippen molar-refractivity contribution in [3.05, 3.63) is 29.1 Å². The van der Waals surface area contributed by atoms with E-state index in [2.05, 4.69) is 36.8 Å². The predicted octanol–water partition coefficient (Wildman–Crippen LogP) is 2.56. The van der Waals surface area contributed by atoms with Crippen LogP contribution in [0.25, 0.3) is 0 Å². The summed E-state index contributed by atoms with van der Waals surface area (Å²) in [6, 6.07) is 2.89. The summed E-state index contributed by atoms with van der Waals surface area (Å²) in [5, 5.41) is 7.42. The van der Waals surface area contributed by atoms with Crippen LogP contribution in [0, 0.1) is 13.8 Å². The first kappa shape index (κ1) is 14.6. The number of carboxylic acid groups (broad SMARTS) is 1. The Morgan fingerprint density at radius 2 is 2.11 bits per heavy atom. The number of carbonyl (C=O) groups is 1. The molecule has 2 rings (SSSR count). The van der Waals surface area contributed by atoms with Crippen LogP contribution in [0.1, 0.15) is 42.6 Å². The van der Waals surface area contributed by atoms with Crippen molar-refractivity contribution >= 4 is 5.97 Å². The van der Waals surface area contributed by atoms with E-state index in [0.717, 1.165) is 12.6 Å². The maximum absolute atomic E-state index is 9.00. The van der Waals surface area contributed by atoms with Gasteiger partial charge >= 0.3 is 0 Å². The van der Waals surface area contributed by atoms with E-state index in [-0.39, 0.29) is 0 Å². The number of nitrogens with zero attached hydrogens (tertiary/aromatic N) is 2. The van der Waals surface area contributed by atoms with Gasteiger partial charge in [-0.2, -0.15) is 0 Å². The van der Waals surface area contributed by atoms with Gasteiger partial charge in [0, 0.05) is 24.9 Å². The van der Waals surface area contributed by atoms with Gasteiger partial charge in [0.05, 0.1) is 0 Å². The second kappa shape index (κ2) is 6.50. The molecule has 0 aromatic carbocycles. The van der Waals surface area contributed by atoms with E-state index < -0.39 is 5.97 Å². The van der Waals surface area contributed by atoms with E-state index in [1.165, 1.54) is 30.5 Å². The van der Waals surface area contributed by atoms with Crippen molar-refractivity contribution in [3.63, 3.8) is 0 Å². The minimum atomic E-state index is -0.833. The fourth-order valence-electron chi connectivity index (χ4n) is 2.18. The predicted molar refractivity (Wildman–Crippen MR) is 71.6 cm³/mol. The van der Waals surface area contributed by atoms with E-state index in [4.69, 9.17) is 9.90 Å². The minimum Gasteiger partial charge on any atom is -0.481 e. The highest BCUT2D eigenvalue weighted by molar-refractivity contribution is 5.62. The normalized spacial score (nSPS) is 19.2. The molecule has 2 heterocycles. The number of pyridine rings is 1. The first-order chi connectivity index (χ1) is 8.41. The summed E-state index contributed by atoms with van der Waals surface area (Å²) in [5.41, 5.74) is 3.84. The Bertz CT molecular complexity index is 414. The topological polar surface area (TPSA) is 53.4 Å². The highest BCUT2D eigenvalue weighted by atomic mass is 16.4. The second-order valence-corrected chi connectivity index (χ2v) is 4.83. The average Bonchev–Trinajstić information content (AvgIpc) is 2.68. The zero-order chi connectivity index (χ0) is 13.7. The molecular weight excluding hydrogens is 228 g/mol. The second-order valence-electron chi connectivity index (χ2n) is 4.83. The Morgan fingerprint density at radius 3 is 2.56 bits per heavy atom. The van der Waals surface area contributed by atoms with Crippen LogP contribution in [0.2, 0.25) is 0 Å². The van der Waals surface area contributed by atoms with Gasteiger partial charge in [-0.1, -0.05) is 6.07 Å². The third-order valence-corrected chi connectivity index (χ3v) is 3.27. The van der Waals surface area contributed by atoms with Gasteiger partial charge in [-0.05, 0) is 51.4 Å². The molecule has 0 radical (unpaired) electrons. The third kappa shape index (κ3) is 4.11. The SMILES string of the molecule is CC(=O)O.Cc1cc([C@@H]2CCCN2C)cnc1C. The number of aliphatic carboxylic acids is 1. The van der Waals surface area contributed by atoms with Crippen molar-refractivity contribution in [2.24, 2.45) is 0 Å². The van der Waals surface area contributed by atoms with Crippen LogP contribution in [0.4, 0.5) is 0 Å². The molecule has 18 heavy (non-hydrogen) atoms. The summed E-state index contributed by atoms with van der Waals surface area (Å²) in [5.74, 6) is -0.833. The highest BCUT2D eigenvalue weighted by Gasteiger charge is 2.22. The summed E-state index contributed by atoms with van der Waals surface area (Å²) in [6.07, 6.45) is 4.63. The lowest BCUT2D eigenvalue weighted by Crippen LogP contribution is -2.17. The molecule has 0 saturated carbocycles. The van der Waals surface area contributed by atoms with Crippen LogP contribution in [0.5, 0.6) is 0 Å². The third-order valence-electron chi connectivity index (χ3n) is 3.27. The van der Waals surface area contributed by atoms with Crippen molar-refractivity contribution in [3.8, 4) is 0 Å². The molecule has 1 atom stereocenters. The first-order valence-electron chi connectivity index (χ1n) is 6.24. The van der Waals surface area contributed by atoms with E-state index in [1.54, 1.807) is 0 Å². The number of rotatable bonds is 1. The summed E-state index contributed by atoms with van der Waals surface area (Å²) in [4.78, 5) is 15.9. The maximum Gasteiger partial charge on any atom is 0.300 e. The van der Waals surface area contributed by atoms with Crippen LogP contribution in [0.15, 0.2) is 12.3 Å². The molecule has 0 amide bonds. The van der Waals surface area contributed by atoms with Crippen LogP contribution >= 0.6 is 0 Å². The summed E-state index contributed by atoms with van der Waals surface area (Å²) in [7, 11) is 2.20. The lowest BCUT2D eigenvalue weighted by atomic mass is 10.0. The number of carboxylic acids is 1. The molecule has 1 aromatic rings. The largest absolute Gasteiger partial charge is 0.481 e. The Hall–Kier alpha value is -1.42. The Morgan fingerprint density at radius 1 is 1.50 bits per heavy atom. The van der Waals surface area contributed by atoms with Crippen molar-refractivity contribution < 1.29 is 9.90 Å². The first-order valence-corrected chi connectivity index (χ1v) is 6.24. The van der Waals surface area contributed by atoms with E-state index >= 15 is 0 Å². The van der Waals surface area contributed by atoms with Gasteiger partial charge < -0.3 is 5.11 Å². The van der Waals surface area contributed by atoms with Gasteiger partial charge in [-0.3, -0.25) is 14.7 Å². The summed E-state index contributed by atoms with van der Waals surface area (Å²) in [6.45, 7) is 6.51. The highest BCUT2D eigenvalue weighted by Crippen LogP contribution is 2.30. The molecule has 100 valence electrons. The molecule has 1 aliphatic rings. The van der Waals surface area contributed by atoms with Gasteiger partial charge in [-0.25, -0.2) is 0 Å². The monoisotopic (exact) mass is 250 g/mol. The molecule has 0 aliphatic carbocycles. The average molecular weight is 250 g/mol. The number of hydrogen-bond donors (Lipinski definition) is 1. The number of hydrogen-bond acceptors (Lipinski definition) is 3. The molecule has 1 saturated heterocycles. The molecule has 4 nitrogen and oxygen atoms in total.